The van der Waals surface area contributed by atoms with Gasteiger partial charge < -0.3 is 14.6 Å². The molecule has 1 saturated heterocycles. The van der Waals surface area contributed by atoms with Crippen molar-refractivity contribution in [2.75, 3.05) is 6.61 Å². The van der Waals surface area contributed by atoms with Crippen LogP contribution < -0.4 is 0 Å². The molecule has 100 valence electrons. The third kappa shape index (κ3) is 3.47. The highest BCUT2D eigenvalue weighted by Gasteiger charge is 2.22. The van der Waals surface area contributed by atoms with Gasteiger partial charge in [-0.05, 0) is 43.9 Å². The second-order valence-electron chi connectivity index (χ2n) is 5.04. The van der Waals surface area contributed by atoms with Gasteiger partial charge in [0.1, 0.15) is 5.76 Å². The fraction of sp³-hybridized carbons (Fsp3) is 0.600. The lowest BCUT2D eigenvalue weighted by Crippen LogP contribution is -2.30. The average molecular weight is 250 g/mol. The summed E-state index contributed by atoms with van der Waals surface area (Å²) in [5.74, 6) is 0.575. The van der Waals surface area contributed by atoms with Gasteiger partial charge in [-0.25, -0.2) is 0 Å². The Morgan fingerprint density at radius 3 is 2.94 bits per heavy atom. The van der Waals surface area contributed by atoms with E-state index in [1.165, 1.54) is 0 Å². The van der Waals surface area contributed by atoms with E-state index >= 15 is 0 Å². The number of aliphatic hydroxyl groups is 1. The van der Waals surface area contributed by atoms with Crippen molar-refractivity contribution in [3.63, 3.8) is 0 Å². The van der Waals surface area contributed by atoms with Gasteiger partial charge in [-0.1, -0.05) is 19.1 Å². The van der Waals surface area contributed by atoms with Crippen molar-refractivity contribution in [3.8, 4) is 0 Å². The minimum absolute atomic E-state index is 0.0415. The van der Waals surface area contributed by atoms with Crippen molar-refractivity contribution in [1.29, 1.82) is 0 Å². The molecule has 0 spiro atoms. The number of rotatable bonds is 2. The Bertz CT molecular complexity index is 362. The van der Waals surface area contributed by atoms with E-state index in [2.05, 4.69) is 6.92 Å². The van der Waals surface area contributed by atoms with Crippen LogP contribution in [0.3, 0.4) is 0 Å². The summed E-state index contributed by atoms with van der Waals surface area (Å²) in [4.78, 5) is 0. The van der Waals surface area contributed by atoms with E-state index in [0.717, 1.165) is 31.4 Å². The smallest absolute Gasteiger partial charge is 0.158 e. The molecule has 0 aromatic rings. The van der Waals surface area contributed by atoms with Gasteiger partial charge in [0.2, 0.25) is 0 Å². The first-order chi connectivity index (χ1) is 8.66. The van der Waals surface area contributed by atoms with E-state index in [-0.39, 0.29) is 18.3 Å². The van der Waals surface area contributed by atoms with E-state index < -0.39 is 0 Å². The minimum atomic E-state index is -0.103. The van der Waals surface area contributed by atoms with Crippen molar-refractivity contribution < 1.29 is 14.6 Å². The second-order valence-corrected chi connectivity index (χ2v) is 5.04. The van der Waals surface area contributed by atoms with Gasteiger partial charge in [0, 0.05) is 12.5 Å². The van der Waals surface area contributed by atoms with Crippen LogP contribution in [0.1, 0.15) is 33.1 Å². The average Bonchev–Trinajstić information content (AvgIpc) is 2.37. The lowest BCUT2D eigenvalue weighted by Gasteiger charge is -2.29. The van der Waals surface area contributed by atoms with E-state index in [4.69, 9.17) is 9.47 Å². The second kappa shape index (κ2) is 6.21. The first-order valence-corrected chi connectivity index (χ1v) is 6.70. The molecule has 18 heavy (non-hydrogen) atoms. The molecule has 0 amide bonds. The summed E-state index contributed by atoms with van der Waals surface area (Å²) < 4.78 is 11.6. The molecule has 3 heteroatoms. The summed E-state index contributed by atoms with van der Waals surface area (Å²) in [5.41, 5.74) is 0.854. The largest absolute Gasteiger partial charge is 0.508 e. The minimum Gasteiger partial charge on any atom is -0.508 e. The normalized spacial score (nSPS) is 40.9. The molecule has 1 heterocycles. The molecule has 1 N–H and O–H groups in total. The Morgan fingerprint density at radius 2 is 2.22 bits per heavy atom. The van der Waals surface area contributed by atoms with Crippen LogP contribution >= 0.6 is 0 Å². The lowest BCUT2D eigenvalue weighted by atomic mass is 9.98. The SMILES string of the molecule is CC1=C/[C@H](OC2CCCCO2)[C@@H](C)\C=C/C=C\1O. The lowest BCUT2D eigenvalue weighted by molar-refractivity contribution is -0.183. The van der Waals surface area contributed by atoms with Gasteiger partial charge >= 0.3 is 0 Å². The molecule has 3 nitrogen and oxygen atoms in total. The van der Waals surface area contributed by atoms with Crippen LogP contribution in [0.15, 0.2) is 35.6 Å². The molecule has 1 fully saturated rings. The zero-order valence-corrected chi connectivity index (χ0v) is 11.1. The van der Waals surface area contributed by atoms with Crippen molar-refractivity contribution in [2.45, 2.75) is 45.5 Å². The van der Waals surface area contributed by atoms with Crippen LogP contribution in [0, 0.1) is 5.92 Å². The predicted molar refractivity (Wildman–Crippen MR) is 71.2 cm³/mol. The van der Waals surface area contributed by atoms with Crippen LogP contribution in [0.2, 0.25) is 0 Å². The third-order valence-corrected chi connectivity index (χ3v) is 3.45. The van der Waals surface area contributed by atoms with Crippen LogP contribution in [0.4, 0.5) is 0 Å². The maximum Gasteiger partial charge on any atom is 0.158 e. The molecule has 1 aliphatic heterocycles. The standard InChI is InChI=1S/C15H22O3/c1-11-6-5-7-13(16)12(2)10-14(11)18-15-8-3-4-9-17-15/h5-7,10-11,14-16H,3-4,8-9H2,1-2H3/b6-5-,12-10-,13-7+/t11-,14-,15?/m0/s1. The molecule has 3 atom stereocenters. The Hall–Kier alpha value is -1.06. The summed E-state index contributed by atoms with van der Waals surface area (Å²) in [6.45, 7) is 4.80. The zero-order valence-electron chi connectivity index (χ0n) is 11.1. The Balaban J connectivity index is 2.06. The molecule has 0 aromatic heterocycles. The number of allylic oxidation sites excluding steroid dienone is 3. The number of hydrogen-bond donors (Lipinski definition) is 1. The predicted octanol–water partition coefficient (Wildman–Crippen LogP) is 3.49. The van der Waals surface area contributed by atoms with Crippen LogP contribution in [-0.2, 0) is 9.47 Å². The first kappa shape index (κ1) is 13.4. The highest BCUT2D eigenvalue weighted by atomic mass is 16.7. The maximum atomic E-state index is 9.75. The quantitative estimate of drug-likeness (QED) is 0.815. The van der Waals surface area contributed by atoms with Crippen molar-refractivity contribution >= 4 is 0 Å². The van der Waals surface area contributed by atoms with Crippen LogP contribution in [0.25, 0.3) is 0 Å². The summed E-state index contributed by atoms with van der Waals surface area (Å²) in [5, 5.41) is 9.75. The van der Waals surface area contributed by atoms with Gasteiger partial charge in [0.05, 0.1) is 6.10 Å². The Kier molecular flexibility index (Phi) is 4.61. The highest BCUT2D eigenvalue weighted by Crippen LogP contribution is 2.23. The fourth-order valence-electron chi connectivity index (χ4n) is 2.20. The molecule has 0 aromatic carbocycles. The van der Waals surface area contributed by atoms with Gasteiger partial charge in [-0.2, -0.15) is 0 Å². The third-order valence-electron chi connectivity index (χ3n) is 3.45. The van der Waals surface area contributed by atoms with Crippen molar-refractivity contribution in [3.05, 3.63) is 35.6 Å². The molecular formula is C15H22O3. The molecular weight excluding hydrogens is 228 g/mol. The van der Waals surface area contributed by atoms with Gasteiger partial charge in [-0.15, -0.1) is 0 Å². The highest BCUT2D eigenvalue weighted by molar-refractivity contribution is 5.29. The number of ether oxygens (including phenoxy) is 2. The molecule has 2 aliphatic rings. The van der Waals surface area contributed by atoms with Gasteiger partial charge in [-0.3, -0.25) is 0 Å². The summed E-state index contributed by atoms with van der Waals surface area (Å²) >= 11 is 0. The Labute approximate surface area is 109 Å². The van der Waals surface area contributed by atoms with Crippen molar-refractivity contribution in [2.24, 2.45) is 5.92 Å². The summed E-state index contributed by atoms with van der Waals surface area (Å²) in [6, 6.07) is 0. The molecule has 0 radical (unpaired) electrons. The fourth-order valence-corrected chi connectivity index (χ4v) is 2.20. The van der Waals surface area contributed by atoms with Crippen LogP contribution in [-0.4, -0.2) is 24.1 Å². The Morgan fingerprint density at radius 1 is 1.39 bits per heavy atom. The maximum absolute atomic E-state index is 9.75. The monoisotopic (exact) mass is 250 g/mol. The zero-order chi connectivity index (χ0) is 13.0. The molecule has 0 bridgehead atoms. The van der Waals surface area contributed by atoms with Crippen molar-refractivity contribution in [1.82, 2.24) is 0 Å². The summed E-state index contributed by atoms with van der Waals surface area (Å²) in [6.07, 6.45) is 10.7. The first-order valence-electron chi connectivity index (χ1n) is 6.70. The molecule has 0 saturated carbocycles. The van der Waals surface area contributed by atoms with E-state index in [0.29, 0.717) is 5.76 Å². The van der Waals surface area contributed by atoms with Crippen LogP contribution in [0.5, 0.6) is 0 Å². The van der Waals surface area contributed by atoms with Gasteiger partial charge in [0.25, 0.3) is 0 Å². The van der Waals surface area contributed by atoms with E-state index in [9.17, 15) is 5.11 Å². The van der Waals surface area contributed by atoms with E-state index in [1.807, 2.05) is 25.2 Å². The van der Waals surface area contributed by atoms with E-state index in [1.54, 1.807) is 6.08 Å². The number of hydrogen-bond acceptors (Lipinski definition) is 3. The topological polar surface area (TPSA) is 38.7 Å². The van der Waals surface area contributed by atoms with Gasteiger partial charge in [0.15, 0.2) is 6.29 Å². The molecule has 1 unspecified atom stereocenters. The number of aliphatic hydroxyl groups excluding tert-OH is 1. The molecule has 2 rings (SSSR count). The summed E-state index contributed by atoms with van der Waals surface area (Å²) in [7, 11) is 0. The molecule has 1 aliphatic carbocycles.